The maximum absolute atomic E-state index is 12.9. The first-order valence-electron chi connectivity index (χ1n) is 7.81. The number of benzene rings is 2. The van der Waals surface area contributed by atoms with Crippen molar-refractivity contribution in [1.82, 2.24) is 5.32 Å². The highest BCUT2D eigenvalue weighted by Gasteiger charge is 2.17. The lowest BCUT2D eigenvalue weighted by Gasteiger charge is -2.19. The first-order valence-corrected chi connectivity index (χ1v) is 7.81. The zero-order chi connectivity index (χ0) is 16.8. The maximum Gasteiger partial charge on any atom is 0.261 e. The maximum atomic E-state index is 12.9. The Morgan fingerprint density at radius 2 is 1.70 bits per heavy atom. The van der Waals surface area contributed by atoms with Gasteiger partial charge in [-0.15, -0.1) is 0 Å². The molecule has 0 saturated carbocycles. The molecule has 0 saturated heterocycles. The van der Waals surface area contributed by atoms with Gasteiger partial charge >= 0.3 is 0 Å². The molecule has 0 unspecified atom stereocenters. The molecule has 0 bridgehead atoms. The van der Waals surface area contributed by atoms with E-state index in [0.717, 1.165) is 12.0 Å². The van der Waals surface area contributed by atoms with Crippen molar-refractivity contribution in [1.29, 1.82) is 0 Å². The molecule has 2 aromatic carbocycles. The van der Waals surface area contributed by atoms with Gasteiger partial charge in [0.05, 0.1) is 6.04 Å². The summed E-state index contributed by atoms with van der Waals surface area (Å²) in [5, 5.41) is 2.93. The van der Waals surface area contributed by atoms with Crippen LogP contribution in [0.3, 0.4) is 0 Å². The fourth-order valence-electron chi connectivity index (χ4n) is 2.23. The zero-order valence-electron chi connectivity index (χ0n) is 13.7. The predicted molar refractivity (Wildman–Crippen MR) is 88.9 cm³/mol. The summed E-state index contributed by atoms with van der Waals surface area (Å²) >= 11 is 0. The number of ether oxygens (including phenoxy) is 1. The second-order valence-corrected chi connectivity index (χ2v) is 5.54. The van der Waals surface area contributed by atoms with E-state index in [0.29, 0.717) is 5.75 Å². The Balaban J connectivity index is 1.92. The standard InChI is InChI=1S/C19H22FNO2/c1-4-15-5-7-16(8-6-15)13(2)21-19(22)14(3)23-18-11-9-17(20)10-12-18/h5-14H,4H2,1-3H3,(H,21,22)/t13-,14+/m1/s1. The molecule has 0 aliphatic rings. The Hall–Kier alpha value is -2.36. The van der Waals surface area contributed by atoms with Crippen molar-refractivity contribution >= 4 is 5.91 Å². The van der Waals surface area contributed by atoms with Crippen molar-refractivity contribution in [2.75, 3.05) is 0 Å². The topological polar surface area (TPSA) is 38.3 Å². The summed E-state index contributed by atoms with van der Waals surface area (Å²) in [6.07, 6.45) is 0.335. The van der Waals surface area contributed by atoms with Gasteiger partial charge in [0.2, 0.25) is 0 Å². The van der Waals surface area contributed by atoms with Crippen LogP contribution in [-0.2, 0) is 11.2 Å². The Bertz CT molecular complexity index is 637. The number of nitrogens with one attached hydrogen (secondary N) is 1. The number of carbonyl (C=O) groups is 1. The highest BCUT2D eigenvalue weighted by Crippen LogP contribution is 2.16. The van der Waals surface area contributed by atoms with Crippen LogP contribution >= 0.6 is 0 Å². The normalized spacial score (nSPS) is 13.2. The Labute approximate surface area is 136 Å². The Morgan fingerprint density at radius 1 is 1.09 bits per heavy atom. The van der Waals surface area contributed by atoms with Crippen molar-refractivity contribution in [3.63, 3.8) is 0 Å². The van der Waals surface area contributed by atoms with Crippen LogP contribution in [0.15, 0.2) is 48.5 Å². The molecule has 3 nitrogen and oxygen atoms in total. The van der Waals surface area contributed by atoms with E-state index in [1.165, 1.54) is 29.8 Å². The molecular weight excluding hydrogens is 293 g/mol. The van der Waals surface area contributed by atoms with Gasteiger partial charge in [-0.3, -0.25) is 4.79 Å². The minimum atomic E-state index is -0.655. The molecule has 0 radical (unpaired) electrons. The molecule has 0 aliphatic heterocycles. The molecule has 1 N–H and O–H groups in total. The molecule has 0 heterocycles. The number of rotatable bonds is 6. The van der Waals surface area contributed by atoms with E-state index in [2.05, 4.69) is 24.4 Å². The Kier molecular flexibility index (Phi) is 5.74. The lowest BCUT2D eigenvalue weighted by atomic mass is 10.0. The van der Waals surface area contributed by atoms with Gasteiger partial charge in [-0.1, -0.05) is 31.2 Å². The number of carbonyl (C=O) groups excluding carboxylic acids is 1. The van der Waals surface area contributed by atoms with E-state index in [9.17, 15) is 9.18 Å². The fraction of sp³-hybridized carbons (Fsp3) is 0.316. The zero-order valence-corrected chi connectivity index (χ0v) is 13.7. The molecule has 2 aromatic rings. The van der Waals surface area contributed by atoms with E-state index in [4.69, 9.17) is 4.74 Å². The smallest absolute Gasteiger partial charge is 0.261 e. The molecule has 4 heteroatoms. The molecule has 0 spiro atoms. The number of hydrogen-bond acceptors (Lipinski definition) is 2. The van der Waals surface area contributed by atoms with E-state index in [1.54, 1.807) is 6.92 Å². The van der Waals surface area contributed by atoms with Crippen molar-refractivity contribution < 1.29 is 13.9 Å². The van der Waals surface area contributed by atoms with E-state index >= 15 is 0 Å². The van der Waals surface area contributed by atoms with Gasteiger partial charge < -0.3 is 10.1 Å². The predicted octanol–water partition coefficient (Wildman–Crippen LogP) is 4.03. The number of amides is 1. The first-order chi connectivity index (χ1) is 11.0. The quantitative estimate of drug-likeness (QED) is 0.874. The minimum absolute atomic E-state index is 0.104. The highest BCUT2D eigenvalue weighted by atomic mass is 19.1. The minimum Gasteiger partial charge on any atom is -0.481 e. The van der Waals surface area contributed by atoms with Crippen LogP contribution < -0.4 is 10.1 Å². The molecule has 0 fully saturated rings. The highest BCUT2D eigenvalue weighted by molar-refractivity contribution is 5.81. The lowest BCUT2D eigenvalue weighted by Crippen LogP contribution is -2.37. The number of hydrogen-bond donors (Lipinski definition) is 1. The molecule has 0 aliphatic carbocycles. The number of aryl methyl sites for hydroxylation is 1. The summed E-state index contributed by atoms with van der Waals surface area (Å²) in [5.74, 6) is -0.0750. The Morgan fingerprint density at radius 3 is 2.26 bits per heavy atom. The average Bonchev–Trinajstić information content (AvgIpc) is 2.56. The van der Waals surface area contributed by atoms with Crippen LogP contribution in [0.25, 0.3) is 0 Å². The number of halogens is 1. The summed E-state index contributed by atoms with van der Waals surface area (Å²) in [7, 11) is 0. The first kappa shape index (κ1) is 17.0. The summed E-state index contributed by atoms with van der Waals surface area (Å²) in [4.78, 5) is 12.2. The summed E-state index contributed by atoms with van der Waals surface area (Å²) < 4.78 is 18.4. The third-order valence-corrected chi connectivity index (χ3v) is 3.74. The molecule has 2 rings (SSSR count). The van der Waals surface area contributed by atoms with Crippen molar-refractivity contribution in [3.05, 3.63) is 65.5 Å². The average molecular weight is 315 g/mol. The summed E-state index contributed by atoms with van der Waals surface area (Å²) in [6.45, 7) is 5.71. The van der Waals surface area contributed by atoms with Crippen LogP contribution in [0.2, 0.25) is 0 Å². The molecular formula is C19H22FNO2. The van der Waals surface area contributed by atoms with Gasteiger partial charge in [-0.25, -0.2) is 4.39 Å². The third kappa shape index (κ3) is 4.81. The molecule has 2 atom stereocenters. The van der Waals surface area contributed by atoms with Crippen LogP contribution in [0.5, 0.6) is 5.75 Å². The van der Waals surface area contributed by atoms with Crippen LogP contribution in [0.1, 0.15) is 37.9 Å². The molecule has 1 amide bonds. The van der Waals surface area contributed by atoms with Crippen molar-refractivity contribution in [2.24, 2.45) is 0 Å². The van der Waals surface area contributed by atoms with Gasteiger partial charge in [-0.2, -0.15) is 0 Å². The summed E-state index contributed by atoms with van der Waals surface area (Å²) in [6, 6.07) is 13.7. The lowest BCUT2D eigenvalue weighted by molar-refractivity contribution is -0.127. The van der Waals surface area contributed by atoms with Gasteiger partial charge in [0.25, 0.3) is 5.91 Å². The second kappa shape index (κ2) is 7.77. The monoisotopic (exact) mass is 315 g/mol. The SMILES string of the molecule is CCc1ccc([C@@H](C)NC(=O)[C@H](C)Oc2ccc(F)cc2)cc1. The van der Waals surface area contributed by atoms with Crippen molar-refractivity contribution in [3.8, 4) is 5.75 Å². The van der Waals surface area contributed by atoms with Crippen LogP contribution in [0.4, 0.5) is 4.39 Å². The van der Waals surface area contributed by atoms with Crippen LogP contribution in [-0.4, -0.2) is 12.0 Å². The van der Waals surface area contributed by atoms with Gasteiger partial charge in [-0.05, 0) is 55.7 Å². The fourth-order valence-corrected chi connectivity index (χ4v) is 2.23. The van der Waals surface area contributed by atoms with E-state index in [1.807, 2.05) is 19.1 Å². The second-order valence-electron chi connectivity index (χ2n) is 5.54. The third-order valence-electron chi connectivity index (χ3n) is 3.74. The van der Waals surface area contributed by atoms with E-state index in [-0.39, 0.29) is 17.8 Å². The largest absolute Gasteiger partial charge is 0.481 e. The van der Waals surface area contributed by atoms with Gasteiger partial charge in [0.15, 0.2) is 6.10 Å². The van der Waals surface area contributed by atoms with Crippen LogP contribution in [0, 0.1) is 5.82 Å². The molecule has 122 valence electrons. The molecule has 23 heavy (non-hydrogen) atoms. The van der Waals surface area contributed by atoms with Gasteiger partial charge in [0.1, 0.15) is 11.6 Å². The van der Waals surface area contributed by atoms with Gasteiger partial charge in [0, 0.05) is 0 Å². The summed E-state index contributed by atoms with van der Waals surface area (Å²) in [5.41, 5.74) is 2.31. The van der Waals surface area contributed by atoms with Crippen molar-refractivity contribution in [2.45, 2.75) is 39.3 Å². The molecule has 0 aromatic heterocycles. The van der Waals surface area contributed by atoms with E-state index < -0.39 is 6.10 Å².